The molecule has 0 saturated heterocycles. The number of nitriles is 1. The molecule has 0 unspecified atom stereocenters. The molecule has 0 fully saturated rings. The average Bonchev–Trinajstić information content (AvgIpc) is 2.90. The molecule has 108 valence electrons. The Morgan fingerprint density at radius 2 is 2.09 bits per heavy atom. The van der Waals surface area contributed by atoms with E-state index in [1.165, 1.54) is 6.08 Å². The summed E-state index contributed by atoms with van der Waals surface area (Å²) in [6.45, 7) is 0. The van der Waals surface area contributed by atoms with Crippen molar-refractivity contribution in [1.29, 1.82) is 5.26 Å². The van der Waals surface area contributed by atoms with Gasteiger partial charge in [-0.2, -0.15) is 5.26 Å². The number of nitrogens with one attached hydrogen (secondary N) is 3. The van der Waals surface area contributed by atoms with Crippen LogP contribution in [0.5, 0.6) is 5.88 Å². The fourth-order valence-corrected chi connectivity index (χ4v) is 2.19. The third-order valence-corrected chi connectivity index (χ3v) is 3.22. The Bertz CT molecular complexity index is 1020. The van der Waals surface area contributed by atoms with E-state index in [9.17, 15) is 15.2 Å². The highest BCUT2D eigenvalue weighted by molar-refractivity contribution is 7.71. The van der Waals surface area contributed by atoms with Crippen molar-refractivity contribution < 1.29 is 5.11 Å². The van der Waals surface area contributed by atoms with E-state index in [2.05, 4.69) is 19.9 Å². The van der Waals surface area contributed by atoms with Crippen molar-refractivity contribution in [2.24, 2.45) is 0 Å². The largest absolute Gasteiger partial charge is 0.494 e. The van der Waals surface area contributed by atoms with Crippen LogP contribution in [0.1, 0.15) is 11.4 Å². The van der Waals surface area contributed by atoms with Crippen LogP contribution < -0.4 is 5.56 Å². The van der Waals surface area contributed by atoms with Gasteiger partial charge in [-0.05, 0) is 30.4 Å². The van der Waals surface area contributed by atoms with E-state index in [4.69, 9.17) is 12.2 Å². The maximum atomic E-state index is 11.8. The molecule has 2 heterocycles. The number of aromatic nitrogens is 4. The highest BCUT2D eigenvalue weighted by Gasteiger charge is 2.11. The molecule has 8 heteroatoms. The second-order valence-electron chi connectivity index (χ2n) is 4.44. The molecule has 0 spiro atoms. The molecule has 22 heavy (non-hydrogen) atoms. The number of hydrogen-bond acceptors (Lipinski definition) is 5. The van der Waals surface area contributed by atoms with Gasteiger partial charge in [0.1, 0.15) is 17.5 Å². The summed E-state index contributed by atoms with van der Waals surface area (Å²) in [6.07, 6.45) is 1.25. The number of aromatic amines is 3. The minimum Gasteiger partial charge on any atom is -0.494 e. The highest BCUT2D eigenvalue weighted by Crippen LogP contribution is 2.20. The molecule has 7 nitrogen and oxygen atoms in total. The maximum absolute atomic E-state index is 11.8. The van der Waals surface area contributed by atoms with E-state index in [-0.39, 0.29) is 15.9 Å². The standard InChI is InChI=1S/C14H9N5O2S/c15-6-7(5-8-12(20)18-14(22)19-13(8)21)11-16-9-3-1-2-4-10(9)17-11/h1-5H,(H,16,17)(H3,18,19,20,21,22). The van der Waals surface area contributed by atoms with Crippen LogP contribution in [0.3, 0.4) is 0 Å². The smallest absolute Gasteiger partial charge is 0.262 e. The number of rotatable bonds is 2. The summed E-state index contributed by atoms with van der Waals surface area (Å²) in [5.74, 6) is -0.0949. The normalized spacial score (nSPS) is 11.5. The molecule has 0 aliphatic rings. The van der Waals surface area contributed by atoms with Gasteiger partial charge in [0.15, 0.2) is 4.77 Å². The summed E-state index contributed by atoms with van der Waals surface area (Å²) >= 11 is 4.75. The zero-order valence-corrected chi connectivity index (χ0v) is 11.9. The second kappa shape index (κ2) is 5.31. The van der Waals surface area contributed by atoms with Crippen molar-refractivity contribution in [2.75, 3.05) is 0 Å². The molecule has 4 N–H and O–H groups in total. The van der Waals surface area contributed by atoms with Crippen LogP contribution in [0.15, 0.2) is 29.1 Å². The number of allylic oxidation sites excluding steroid dienone is 1. The molecule has 0 saturated carbocycles. The first-order valence-corrected chi connectivity index (χ1v) is 6.62. The van der Waals surface area contributed by atoms with Crippen molar-refractivity contribution in [1.82, 2.24) is 19.9 Å². The van der Waals surface area contributed by atoms with Crippen LogP contribution in [-0.2, 0) is 0 Å². The van der Waals surface area contributed by atoms with Gasteiger partial charge in [-0.25, -0.2) is 4.98 Å². The average molecular weight is 311 g/mol. The van der Waals surface area contributed by atoms with Gasteiger partial charge in [0.2, 0.25) is 5.88 Å². The summed E-state index contributed by atoms with van der Waals surface area (Å²) in [5, 5.41) is 19.1. The molecule has 0 bridgehead atoms. The van der Waals surface area contributed by atoms with Crippen LogP contribution in [0.4, 0.5) is 0 Å². The van der Waals surface area contributed by atoms with Crippen LogP contribution in [0.25, 0.3) is 22.7 Å². The van der Waals surface area contributed by atoms with Crippen molar-refractivity contribution in [3.8, 4) is 11.9 Å². The SMILES string of the molecule is N#CC(=Cc1c(O)[nH]c(=S)[nH]c1=O)c1nc2ccccc2[nH]1. The van der Waals surface area contributed by atoms with Gasteiger partial charge < -0.3 is 15.1 Å². The molecule has 0 atom stereocenters. The lowest BCUT2D eigenvalue weighted by molar-refractivity contribution is 0.448. The Balaban J connectivity index is 2.18. The molecule has 1 aromatic carbocycles. The first kappa shape index (κ1) is 13.8. The van der Waals surface area contributed by atoms with Gasteiger partial charge in [0, 0.05) is 0 Å². The fourth-order valence-electron chi connectivity index (χ4n) is 2.00. The van der Waals surface area contributed by atoms with E-state index in [0.29, 0.717) is 11.3 Å². The number of benzene rings is 1. The Morgan fingerprint density at radius 3 is 2.77 bits per heavy atom. The quantitative estimate of drug-likeness (QED) is 0.426. The first-order valence-electron chi connectivity index (χ1n) is 6.21. The molecule has 3 aromatic rings. The predicted molar refractivity (Wildman–Crippen MR) is 83.5 cm³/mol. The maximum Gasteiger partial charge on any atom is 0.262 e. The topological polar surface area (TPSA) is 121 Å². The molecule has 3 rings (SSSR count). The molecule has 0 aliphatic carbocycles. The highest BCUT2D eigenvalue weighted by atomic mass is 32.1. The second-order valence-corrected chi connectivity index (χ2v) is 4.85. The lowest BCUT2D eigenvalue weighted by atomic mass is 10.2. The van der Waals surface area contributed by atoms with Crippen LogP contribution in [0, 0.1) is 16.1 Å². The van der Waals surface area contributed by atoms with Crippen LogP contribution >= 0.6 is 12.2 Å². The van der Waals surface area contributed by atoms with Gasteiger partial charge in [-0.1, -0.05) is 12.1 Å². The number of imidazole rings is 1. The summed E-state index contributed by atoms with van der Waals surface area (Å²) in [5.41, 5.74) is 0.895. The fraction of sp³-hybridized carbons (Fsp3) is 0. The van der Waals surface area contributed by atoms with Gasteiger partial charge in [0.25, 0.3) is 5.56 Å². The summed E-state index contributed by atoms with van der Waals surface area (Å²) in [7, 11) is 0. The minimum absolute atomic E-state index is 0.00175. The van der Waals surface area contributed by atoms with E-state index < -0.39 is 11.4 Å². The van der Waals surface area contributed by atoms with Crippen molar-refractivity contribution in [3.05, 3.63) is 50.8 Å². The van der Waals surface area contributed by atoms with Crippen LogP contribution in [-0.4, -0.2) is 25.0 Å². The summed E-state index contributed by atoms with van der Waals surface area (Å²) < 4.78 is 0.00175. The monoisotopic (exact) mass is 311 g/mol. The summed E-state index contributed by atoms with van der Waals surface area (Å²) in [6, 6.07) is 9.26. The molecular formula is C14H9N5O2S. The van der Waals surface area contributed by atoms with E-state index in [1.54, 1.807) is 6.07 Å². The third kappa shape index (κ3) is 2.41. The number of hydrogen-bond donors (Lipinski definition) is 4. The number of para-hydroxylation sites is 2. The van der Waals surface area contributed by atoms with Gasteiger partial charge in [-0.3, -0.25) is 9.78 Å². The minimum atomic E-state index is -0.592. The Hall–Kier alpha value is -3.18. The van der Waals surface area contributed by atoms with Gasteiger partial charge >= 0.3 is 0 Å². The number of H-pyrrole nitrogens is 3. The Morgan fingerprint density at radius 1 is 1.32 bits per heavy atom. The number of fused-ring (bicyclic) bond motifs is 1. The third-order valence-electron chi connectivity index (χ3n) is 3.01. The molecule has 2 aromatic heterocycles. The lowest BCUT2D eigenvalue weighted by Gasteiger charge is -1.98. The lowest BCUT2D eigenvalue weighted by Crippen LogP contribution is -2.11. The molecule has 0 amide bonds. The van der Waals surface area contributed by atoms with Gasteiger partial charge in [0.05, 0.1) is 16.6 Å². The Labute approximate surface area is 128 Å². The zero-order chi connectivity index (χ0) is 15.7. The molecular weight excluding hydrogens is 302 g/mol. The Kier molecular flexibility index (Phi) is 3.33. The first-order chi connectivity index (χ1) is 10.6. The zero-order valence-electron chi connectivity index (χ0n) is 11.0. The van der Waals surface area contributed by atoms with E-state index in [0.717, 1.165) is 5.52 Å². The number of nitrogens with zero attached hydrogens (tertiary/aromatic N) is 2. The van der Waals surface area contributed by atoms with E-state index >= 15 is 0 Å². The van der Waals surface area contributed by atoms with Gasteiger partial charge in [-0.15, -0.1) is 0 Å². The van der Waals surface area contributed by atoms with E-state index in [1.807, 2.05) is 24.3 Å². The van der Waals surface area contributed by atoms with Crippen molar-refractivity contribution in [3.63, 3.8) is 0 Å². The van der Waals surface area contributed by atoms with Crippen molar-refractivity contribution >= 4 is 34.9 Å². The van der Waals surface area contributed by atoms with Crippen molar-refractivity contribution in [2.45, 2.75) is 0 Å². The predicted octanol–water partition coefficient (Wildman–Crippen LogP) is 2.08. The molecule has 0 radical (unpaired) electrons. The molecule has 0 aliphatic heterocycles. The summed E-state index contributed by atoms with van der Waals surface area (Å²) in [4.78, 5) is 23.9. The number of aromatic hydroxyl groups is 1. The van der Waals surface area contributed by atoms with Crippen LogP contribution in [0.2, 0.25) is 0 Å².